The number of rotatable bonds is 5. The molecule has 1 aromatic heterocycles. The monoisotopic (exact) mass is 231 g/mol. The van der Waals surface area contributed by atoms with Gasteiger partial charge in [-0.05, 0) is 12.1 Å². The number of nitrogens with one attached hydrogen (secondary N) is 1. The van der Waals surface area contributed by atoms with Crippen LogP contribution in [-0.4, -0.2) is 16.9 Å². The maximum Gasteiger partial charge on any atom is 0.0733 e. The minimum atomic E-state index is 0.620. The molecule has 0 saturated heterocycles. The number of methoxy groups -OCH3 is 1. The summed E-state index contributed by atoms with van der Waals surface area (Å²) in [5.41, 5.74) is 3.42. The first kappa shape index (κ1) is 11.7. The number of hydrogen-bond acceptors (Lipinski definition) is 3. The molecule has 0 aliphatic carbocycles. The van der Waals surface area contributed by atoms with E-state index in [-0.39, 0.29) is 0 Å². The Morgan fingerprint density at radius 3 is 2.82 bits per heavy atom. The molecule has 0 unspecified atom stereocenters. The van der Waals surface area contributed by atoms with Crippen molar-refractivity contribution in [2.24, 2.45) is 7.05 Å². The first-order chi connectivity index (χ1) is 8.31. The lowest BCUT2D eigenvalue weighted by Gasteiger charge is -2.11. The highest BCUT2D eigenvalue weighted by molar-refractivity contribution is 5.50. The van der Waals surface area contributed by atoms with Gasteiger partial charge in [0, 0.05) is 31.6 Å². The highest BCUT2D eigenvalue weighted by atomic mass is 16.5. The molecule has 90 valence electrons. The van der Waals surface area contributed by atoms with Gasteiger partial charge in [0.2, 0.25) is 0 Å². The van der Waals surface area contributed by atoms with Crippen LogP contribution in [0.1, 0.15) is 11.3 Å². The Labute approximate surface area is 101 Å². The first-order valence-corrected chi connectivity index (χ1v) is 5.59. The topological polar surface area (TPSA) is 39.1 Å². The molecule has 0 bridgehead atoms. The average molecular weight is 231 g/mol. The zero-order valence-electron chi connectivity index (χ0n) is 10.2. The third-order valence-corrected chi connectivity index (χ3v) is 2.70. The van der Waals surface area contributed by atoms with Crippen LogP contribution in [0.5, 0.6) is 0 Å². The van der Waals surface area contributed by atoms with Crippen LogP contribution in [0, 0.1) is 0 Å². The van der Waals surface area contributed by atoms with Gasteiger partial charge < -0.3 is 10.1 Å². The minimum absolute atomic E-state index is 0.620. The number of aryl methyl sites for hydroxylation is 1. The summed E-state index contributed by atoms with van der Waals surface area (Å²) in [7, 11) is 3.65. The zero-order valence-corrected chi connectivity index (χ0v) is 10.2. The Hall–Kier alpha value is -1.81. The Morgan fingerprint density at radius 1 is 1.29 bits per heavy atom. The summed E-state index contributed by atoms with van der Waals surface area (Å²) in [6.45, 7) is 1.38. The van der Waals surface area contributed by atoms with Crippen molar-refractivity contribution in [3.63, 3.8) is 0 Å². The Morgan fingerprint density at radius 2 is 2.12 bits per heavy atom. The van der Waals surface area contributed by atoms with Crippen LogP contribution >= 0.6 is 0 Å². The van der Waals surface area contributed by atoms with Crippen molar-refractivity contribution in [3.05, 3.63) is 47.8 Å². The third kappa shape index (κ3) is 2.85. The summed E-state index contributed by atoms with van der Waals surface area (Å²) in [4.78, 5) is 0. The lowest BCUT2D eigenvalue weighted by atomic mass is 10.2. The molecule has 2 rings (SSSR count). The predicted molar refractivity (Wildman–Crippen MR) is 67.7 cm³/mol. The maximum atomic E-state index is 5.17. The number of aromatic nitrogens is 2. The van der Waals surface area contributed by atoms with Crippen molar-refractivity contribution in [2.75, 3.05) is 12.4 Å². The largest absolute Gasteiger partial charge is 0.380 e. The molecule has 0 spiro atoms. The van der Waals surface area contributed by atoms with E-state index in [1.807, 2.05) is 29.9 Å². The summed E-state index contributed by atoms with van der Waals surface area (Å²) in [6.07, 6.45) is 1.80. The number of para-hydroxylation sites is 1. The number of benzene rings is 1. The van der Waals surface area contributed by atoms with E-state index in [2.05, 4.69) is 22.5 Å². The highest BCUT2D eigenvalue weighted by Gasteiger charge is 2.02. The lowest BCUT2D eigenvalue weighted by Crippen LogP contribution is -2.07. The SMILES string of the molecule is COCc1ccccc1NCc1ccnn1C. The van der Waals surface area contributed by atoms with Gasteiger partial charge in [0.1, 0.15) is 0 Å². The van der Waals surface area contributed by atoms with Crippen LogP contribution in [-0.2, 0) is 24.9 Å². The quantitative estimate of drug-likeness (QED) is 0.857. The molecule has 2 aromatic rings. The van der Waals surface area contributed by atoms with Crippen LogP contribution in [0.25, 0.3) is 0 Å². The molecule has 0 radical (unpaired) electrons. The van der Waals surface area contributed by atoms with Crippen LogP contribution in [0.3, 0.4) is 0 Å². The van der Waals surface area contributed by atoms with Gasteiger partial charge in [-0.15, -0.1) is 0 Å². The molecule has 0 aliphatic rings. The third-order valence-electron chi connectivity index (χ3n) is 2.70. The van der Waals surface area contributed by atoms with Crippen molar-refractivity contribution < 1.29 is 4.74 Å². The summed E-state index contributed by atoms with van der Waals surface area (Å²) in [6, 6.07) is 10.2. The van der Waals surface area contributed by atoms with Gasteiger partial charge in [0.15, 0.2) is 0 Å². The van der Waals surface area contributed by atoms with Gasteiger partial charge >= 0.3 is 0 Å². The van der Waals surface area contributed by atoms with E-state index in [4.69, 9.17) is 4.74 Å². The molecule has 1 aromatic carbocycles. The number of anilines is 1. The molecular weight excluding hydrogens is 214 g/mol. The van der Waals surface area contributed by atoms with E-state index in [0.717, 1.165) is 23.5 Å². The highest BCUT2D eigenvalue weighted by Crippen LogP contribution is 2.16. The first-order valence-electron chi connectivity index (χ1n) is 5.59. The van der Waals surface area contributed by atoms with Gasteiger partial charge in [-0.3, -0.25) is 4.68 Å². The Kier molecular flexibility index (Phi) is 3.77. The summed E-state index contributed by atoms with van der Waals surface area (Å²) >= 11 is 0. The van der Waals surface area contributed by atoms with Gasteiger partial charge in [0.05, 0.1) is 18.8 Å². The Balaban J connectivity index is 2.06. The molecule has 1 heterocycles. The molecule has 0 atom stereocenters. The molecule has 4 heteroatoms. The number of nitrogens with zero attached hydrogens (tertiary/aromatic N) is 2. The van der Waals surface area contributed by atoms with E-state index >= 15 is 0 Å². The molecule has 17 heavy (non-hydrogen) atoms. The van der Waals surface area contributed by atoms with Crippen molar-refractivity contribution in [2.45, 2.75) is 13.2 Å². The zero-order chi connectivity index (χ0) is 12.1. The smallest absolute Gasteiger partial charge is 0.0733 e. The van der Waals surface area contributed by atoms with Crippen molar-refractivity contribution in [3.8, 4) is 0 Å². The van der Waals surface area contributed by atoms with Crippen LogP contribution < -0.4 is 5.32 Å². The molecule has 1 N–H and O–H groups in total. The van der Waals surface area contributed by atoms with Crippen LogP contribution in [0.2, 0.25) is 0 Å². The van der Waals surface area contributed by atoms with E-state index < -0.39 is 0 Å². The molecule has 0 amide bonds. The fraction of sp³-hybridized carbons (Fsp3) is 0.308. The second-order valence-corrected chi connectivity index (χ2v) is 3.89. The van der Waals surface area contributed by atoms with E-state index in [9.17, 15) is 0 Å². The predicted octanol–water partition coefficient (Wildman–Crippen LogP) is 2.18. The summed E-state index contributed by atoms with van der Waals surface area (Å²) in [5, 5.41) is 7.54. The van der Waals surface area contributed by atoms with E-state index in [1.54, 1.807) is 13.3 Å². The van der Waals surface area contributed by atoms with E-state index in [0.29, 0.717) is 6.61 Å². The fourth-order valence-electron chi connectivity index (χ4n) is 1.73. The van der Waals surface area contributed by atoms with Crippen molar-refractivity contribution in [1.29, 1.82) is 0 Å². The van der Waals surface area contributed by atoms with E-state index in [1.165, 1.54) is 0 Å². The average Bonchev–Trinajstić information content (AvgIpc) is 2.74. The number of ether oxygens (including phenoxy) is 1. The summed E-state index contributed by atoms with van der Waals surface area (Å²) in [5.74, 6) is 0. The maximum absolute atomic E-state index is 5.17. The molecule has 0 saturated carbocycles. The minimum Gasteiger partial charge on any atom is -0.380 e. The van der Waals surface area contributed by atoms with Gasteiger partial charge in [-0.2, -0.15) is 5.10 Å². The molecule has 0 aliphatic heterocycles. The standard InChI is InChI=1S/C13H17N3O/c1-16-12(7-8-15-16)9-14-13-6-4-3-5-11(13)10-17-2/h3-8,14H,9-10H2,1-2H3. The second-order valence-electron chi connectivity index (χ2n) is 3.89. The normalized spacial score (nSPS) is 10.5. The second kappa shape index (κ2) is 5.50. The van der Waals surface area contributed by atoms with Gasteiger partial charge in [0.25, 0.3) is 0 Å². The van der Waals surface area contributed by atoms with Crippen LogP contribution in [0.4, 0.5) is 5.69 Å². The molecular formula is C13H17N3O. The number of hydrogen-bond donors (Lipinski definition) is 1. The lowest BCUT2D eigenvalue weighted by molar-refractivity contribution is 0.185. The molecule has 4 nitrogen and oxygen atoms in total. The van der Waals surface area contributed by atoms with Crippen LogP contribution in [0.15, 0.2) is 36.5 Å². The van der Waals surface area contributed by atoms with Gasteiger partial charge in [-0.1, -0.05) is 18.2 Å². The fourth-order valence-corrected chi connectivity index (χ4v) is 1.73. The van der Waals surface area contributed by atoms with Gasteiger partial charge in [-0.25, -0.2) is 0 Å². The molecule has 0 fully saturated rings. The van der Waals surface area contributed by atoms with Crippen molar-refractivity contribution in [1.82, 2.24) is 9.78 Å². The van der Waals surface area contributed by atoms with Crippen molar-refractivity contribution >= 4 is 5.69 Å². The Bertz CT molecular complexity index is 479. The summed E-state index contributed by atoms with van der Waals surface area (Å²) < 4.78 is 7.04.